The van der Waals surface area contributed by atoms with Crippen molar-refractivity contribution in [1.29, 1.82) is 0 Å². The minimum absolute atomic E-state index is 0.102. The molecule has 0 bridgehead atoms. The van der Waals surface area contributed by atoms with Gasteiger partial charge in [0.1, 0.15) is 11.5 Å². The molecular formula is C37H40N4O3. The number of nitrogens with zero attached hydrogens (tertiary/aromatic N) is 3. The minimum atomic E-state index is -0.312. The molecule has 4 aromatic carbocycles. The fourth-order valence-corrected chi connectivity index (χ4v) is 6.21. The standard InChI is InChI=1S/C37H40N4O3/c1-25-26(2)41(20-19-40-17-15-39(3)16-18-40)33-14-11-28(22-32(25)33)21-27-9-12-30(13-10-27)37(44)38-31-23-34(42)36(35(43)24-31)29-7-5-4-6-8-29/h4-14,22-24,42-43H,15-21H2,1-3H3,(H,38,44). The third-order valence-corrected chi connectivity index (χ3v) is 8.98. The molecule has 0 radical (unpaired) electrons. The van der Waals surface area contributed by atoms with Gasteiger partial charge >= 0.3 is 0 Å². The van der Waals surface area contributed by atoms with Crippen LogP contribution in [-0.2, 0) is 13.0 Å². The Hall–Kier alpha value is -4.59. The fraction of sp³-hybridized carbons (Fsp3) is 0.270. The van der Waals surface area contributed by atoms with E-state index in [0.717, 1.165) is 51.3 Å². The summed E-state index contributed by atoms with van der Waals surface area (Å²) in [6.45, 7) is 11.1. The molecule has 3 N–H and O–H groups in total. The lowest BCUT2D eigenvalue weighted by Gasteiger charge is -2.32. The van der Waals surface area contributed by atoms with Gasteiger partial charge in [0, 0.05) is 79.2 Å². The normalized spacial score (nSPS) is 14.2. The topological polar surface area (TPSA) is 81.0 Å². The third-order valence-electron chi connectivity index (χ3n) is 8.98. The monoisotopic (exact) mass is 588 g/mol. The van der Waals surface area contributed by atoms with Crippen molar-refractivity contribution in [3.8, 4) is 22.6 Å². The summed E-state index contributed by atoms with van der Waals surface area (Å²) >= 11 is 0. The van der Waals surface area contributed by atoms with Crippen LogP contribution in [0.3, 0.4) is 0 Å². The third kappa shape index (κ3) is 6.20. The maximum absolute atomic E-state index is 13.0. The second-order valence-corrected chi connectivity index (χ2v) is 11.9. The highest BCUT2D eigenvalue weighted by Crippen LogP contribution is 2.39. The number of likely N-dealkylation sites (N-methyl/N-ethyl adjacent to an activating group) is 1. The van der Waals surface area contributed by atoms with Crippen LogP contribution in [0.4, 0.5) is 5.69 Å². The van der Waals surface area contributed by atoms with Gasteiger partial charge in [0.2, 0.25) is 0 Å². The lowest BCUT2D eigenvalue weighted by atomic mass is 10.0. The molecule has 226 valence electrons. The Morgan fingerprint density at radius 3 is 2.14 bits per heavy atom. The summed E-state index contributed by atoms with van der Waals surface area (Å²) in [5.41, 5.74) is 8.16. The largest absolute Gasteiger partial charge is 0.507 e. The number of aromatic hydroxyl groups is 2. The predicted molar refractivity (Wildman–Crippen MR) is 178 cm³/mol. The first-order chi connectivity index (χ1) is 21.3. The molecule has 6 rings (SSSR count). The van der Waals surface area contributed by atoms with Crippen LogP contribution in [-0.4, -0.2) is 70.3 Å². The highest BCUT2D eigenvalue weighted by molar-refractivity contribution is 6.04. The Morgan fingerprint density at radius 2 is 1.45 bits per heavy atom. The summed E-state index contributed by atoms with van der Waals surface area (Å²) in [5.74, 6) is -0.516. The van der Waals surface area contributed by atoms with Crippen molar-refractivity contribution >= 4 is 22.5 Å². The number of rotatable bonds is 8. The van der Waals surface area contributed by atoms with Gasteiger partial charge in [0.25, 0.3) is 5.91 Å². The summed E-state index contributed by atoms with van der Waals surface area (Å²) in [5, 5.41) is 25.2. The Bertz CT molecular complexity index is 1760. The van der Waals surface area contributed by atoms with Crippen LogP contribution in [0.1, 0.15) is 32.7 Å². The van der Waals surface area contributed by atoms with E-state index in [1.165, 1.54) is 39.9 Å². The molecule has 7 nitrogen and oxygen atoms in total. The first-order valence-corrected chi connectivity index (χ1v) is 15.3. The summed E-state index contributed by atoms with van der Waals surface area (Å²) < 4.78 is 2.47. The fourth-order valence-electron chi connectivity index (χ4n) is 6.21. The van der Waals surface area contributed by atoms with E-state index in [4.69, 9.17) is 0 Å². The molecule has 1 amide bonds. The van der Waals surface area contributed by atoms with Crippen molar-refractivity contribution in [2.75, 3.05) is 45.1 Å². The van der Waals surface area contributed by atoms with Crippen LogP contribution in [0, 0.1) is 13.8 Å². The van der Waals surface area contributed by atoms with E-state index < -0.39 is 0 Å². The van der Waals surface area contributed by atoms with E-state index in [1.54, 1.807) is 12.1 Å². The second kappa shape index (κ2) is 12.6. The molecule has 44 heavy (non-hydrogen) atoms. The summed E-state index contributed by atoms with van der Waals surface area (Å²) in [6, 6.07) is 26.4. The number of phenols is 2. The van der Waals surface area contributed by atoms with Crippen LogP contribution in [0.5, 0.6) is 11.5 Å². The maximum Gasteiger partial charge on any atom is 0.255 e. The van der Waals surface area contributed by atoms with Crippen LogP contribution >= 0.6 is 0 Å². The number of hydrogen-bond donors (Lipinski definition) is 3. The van der Waals surface area contributed by atoms with Crippen molar-refractivity contribution in [3.63, 3.8) is 0 Å². The molecule has 1 saturated heterocycles. The van der Waals surface area contributed by atoms with Crippen molar-refractivity contribution in [3.05, 3.63) is 113 Å². The van der Waals surface area contributed by atoms with Crippen LogP contribution in [0.2, 0.25) is 0 Å². The summed E-state index contributed by atoms with van der Waals surface area (Å²) in [6.07, 6.45) is 0.769. The average molecular weight is 589 g/mol. The van der Waals surface area contributed by atoms with Gasteiger partial charge in [-0.2, -0.15) is 0 Å². The van der Waals surface area contributed by atoms with Gasteiger partial charge in [-0.25, -0.2) is 0 Å². The zero-order valence-corrected chi connectivity index (χ0v) is 25.7. The maximum atomic E-state index is 13.0. The number of nitrogens with one attached hydrogen (secondary N) is 1. The smallest absolute Gasteiger partial charge is 0.255 e. The summed E-state index contributed by atoms with van der Waals surface area (Å²) in [4.78, 5) is 17.9. The number of hydrogen-bond acceptors (Lipinski definition) is 5. The molecule has 1 aliphatic heterocycles. The van der Waals surface area contributed by atoms with Crippen LogP contribution < -0.4 is 5.32 Å². The SMILES string of the molecule is Cc1c(C)n(CCN2CCN(C)CC2)c2ccc(Cc3ccc(C(=O)Nc4cc(O)c(-c5ccccc5)c(O)c4)cc3)cc12. The molecule has 0 aliphatic carbocycles. The lowest BCUT2D eigenvalue weighted by Crippen LogP contribution is -2.45. The zero-order chi connectivity index (χ0) is 30.8. The Labute approximate surface area is 259 Å². The van der Waals surface area contributed by atoms with Gasteiger partial charge in [-0.3, -0.25) is 9.69 Å². The Morgan fingerprint density at radius 1 is 0.795 bits per heavy atom. The van der Waals surface area contributed by atoms with Gasteiger partial charge in [-0.1, -0.05) is 48.5 Å². The molecule has 1 aromatic heterocycles. The van der Waals surface area contributed by atoms with E-state index in [0.29, 0.717) is 22.4 Å². The Balaban J connectivity index is 1.11. The minimum Gasteiger partial charge on any atom is -0.507 e. The van der Waals surface area contributed by atoms with Gasteiger partial charge in [0.05, 0.1) is 5.56 Å². The molecule has 0 unspecified atom stereocenters. The molecule has 5 aromatic rings. The van der Waals surface area contributed by atoms with Crippen molar-refractivity contribution < 1.29 is 15.0 Å². The Kier molecular flexibility index (Phi) is 8.42. The number of anilines is 1. The van der Waals surface area contributed by atoms with Crippen molar-refractivity contribution in [1.82, 2.24) is 14.4 Å². The van der Waals surface area contributed by atoms with Gasteiger partial charge in [0.15, 0.2) is 0 Å². The number of phenolic OH excluding ortho intramolecular Hbond substituents is 2. The van der Waals surface area contributed by atoms with Crippen molar-refractivity contribution in [2.24, 2.45) is 0 Å². The molecule has 1 aliphatic rings. The van der Waals surface area contributed by atoms with Gasteiger partial charge in [-0.15, -0.1) is 0 Å². The van der Waals surface area contributed by atoms with E-state index >= 15 is 0 Å². The molecule has 0 saturated carbocycles. The van der Waals surface area contributed by atoms with E-state index in [-0.39, 0.29) is 17.4 Å². The zero-order valence-electron chi connectivity index (χ0n) is 25.7. The van der Waals surface area contributed by atoms with Crippen LogP contribution in [0.15, 0.2) is 84.9 Å². The first kappa shape index (κ1) is 29.5. The second-order valence-electron chi connectivity index (χ2n) is 11.9. The van der Waals surface area contributed by atoms with Gasteiger partial charge in [-0.05, 0) is 73.8 Å². The molecule has 7 heteroatoms. The number of carbonyl (C=O) groups excluding carboxylic acids is 1. The number of benzene rings is 4. The summed E-state index contributed by atoms with van der Waals surface area (Å²) in [7, 11) is 2.19. The highest BCUT2D eigenvalue weighted by Gasteiger charge is 2.17. The highest BCUT2D eigenvalue weighted by atomic mass is 16.3. The number of amides is 1. The quantitative estimate of drug-likeness (QED) is 0.195. The molecular weight excluding hydrogens is 548 g/mol. The van der Waals surface area contributed by atoms with Gasteiger partial charge < -0.3 is 25.0 Å². The number of carbonyl (C=O) groups is 1. The van der Waals surface area contributed by atoms with E-state index in [2.05, 4.69) is 58.8 Å². The predicted octanol–water partition coefficient (Wildman–Crippen LogP) is 6.43. The lowest BCUT2D eigenvalue weighted by molar-refractivity contribution is 0.102. The van der Waals surface area contributed by atoms with E-state index in [9.17, 15) is 15.0 Å². The molecule has 0 atom stereocenters. The van der Waals surface area contributed by atoms with Crippen LogP contribution in [0.25, 0.3) is 22.0 Å². The molecule has 2 heterocycles. The number of piperazine rings is 1. The first-order valence-electron chi connectivity index (χ1n) is 15.3. The molecule has 1 fully saturated rings. The number of aryl methyl sites for hydroxylation is 1. The van der Waals surface area contributed by atoms with Crippen molar-refractivity contribution in [2.45, 2.75) is 26.8 Å². The number of aromatic nitrogens is 1. The average Bonchev–Trinajstić information content (AvgIpc) is 3.25. The molecule has 0 spiro atoms. The van der Waals surface area contributed by atoms with E-state index in [1.807, 2.05) is 42.5 Å². The number of fused-ring (bicyclic) bond motifs is 1.